The van der Waals surface area contributed by atoms with Gasteiger partial charge in [0.05, 0.1) is 22.5 Å². The van der Waals surface area contributed by atoms with Crippen molar-refractivity contribution in [2.45, 2.75) is 6.18 Å². The summed E-state index contributed by atoms with van der Waals surface area (Å²) in [6.07, 6.45) is -1.66. The molecule has 8 heteroatoms. The van der Waals surface area contributed by atoms with Crippen molar-refractivity contribution in [2.75, 3.05) is 10.6 Å². The van der Waals surface area contributed by atoms with Gasteiger partial charge in [0.1, 0.15) is 0 Å². The zero-order chi connectivity index (χ0) is 15.5. The molecule has 4 nitrogen and oxygen atoms in total. The van der Waals surface area contributed by atoms with Crippen molar-refractivity contribution in [1.82, 2.24) is 4.98 Å². The number of amides is 2. The average molecular weight is 316 g/mol. The number of benzene rings is 1. The summed E-state index contributed by atoms with van der Waals surface area (Å²) in [4.78, 5) is 15.5. The second kappa shape index (κ2) is 6.01. The Balaban J connectivity index is 2.11. The third-order valence-corrected chi connectivity index (χ3v) is 2.78. The second-order valence-electron chi connectivity index (χ2n) is 4.01. The van der Waals surface area contributed by atoms with E-state index < -0.39 is 22.8 Å². The Labute approximate surface area is 122 Å². The van der Waals surface area contributed by atoms with Crippen LogP contribution < -0.4 is 10.6 Å². The fourth-order valence-electron chi connectivity index (χ4n) is 1.55. The number of alkyl halides is 3. The van der Waals surface area contributed by atoms with E-state index >= 15 is 0 Å². The minimum atomic E-state index is -4.59. The van der Waals surface area contributed by atoms with E-state index in [0.29, 0.717) is 5.69 Å². The van der Waals surface area contributed by atoms with Gasteiger partial charge in [-0.15, -0.1) is 0 Å². The molecular formula is C13H9ClF3N3O. The Morgan fingerprint density at radius 3 is 2.48 bits per heavy atom. The van der Waals surface area contributed by atoms with Crippen molar-refractivity contribution >= 4 is 29.0 Å². The molecular weight excluding hydrogens is 307 g/mol. The van der Waals surface area contributed by atoms with Crippen molar-refractivity contribution in [3.8, 4) is 0 Å². The van der Waals surface area contributed by atoms with E-state index in [4.69, 9.17) is 11.6 Å². The number of pyridine rings is 1. The summed E-state index contributed by atoms with van der Waals surface area (Å²) in [5, 5.41) is 4.30. The van der Waals surface area contributed by atoms with Crippen molar-refractivity contribution in [2.24, 2.45) is 0 Å². The smallest absolute Gasteiger partial charge is 0.308 e. The van der Waals surface area contributed by atoms with Gasteiger partial charge in [-0.2, -0.15) is 13.2 Å². The monoisotopic (exact) mass is 315 g/mol. The first-order valence-electron chi connectivity index (χ1n) is 5.71. The Hall–Kier alpha value is -2.28. The van der Waals surface area contributed by atoms with Crippen LogP contribution in [0.25, 0.3) is 0 Å². The van der Waals surface area contributed by atoms with Crippen molar-refractivity contribution < 1.29 is 18.0 Å². The highest BCUT2D eigenvalue weighted by atomic mass is 35.5. The van der Waals surface area contributed by atoms with Gasteiger partial charge < -0.3 is 10.6 Å². The summed E-state index contributed by atoms with van der Waals surface area (Å²) in [5.41, 5.74) is -0.614. The number of carbonyl (C=O) groups is 1. The maximum atomic E-state index is 12.7. The van der Waals surface area contributed by atoms with Crippen LogP contribution in [0, 0.1) is 0 Å². The van der Waals surface area contributed by atoms with Crippen LogP contribution in [0.3, 0.4) is 0 Å². The van der Waals surface area contributed by atoms with E-state index in [1.165, 1.54) is 18.5 Å². The van der Waals surface area contributed by atoms with E-state index in [9.17, 15) is 18.0 Å². The number of hydrogen-bond acceptors (Lipinski definition) is 2. The molecule has 0 atom stereocenters. The van der Waals surface area contributed by atoms with Gasteiger partial charge >= 0.3 is 12.2 Å². The van der Waals surface area contributed by atoms with Gasteiger partial charge in [0.25, 0.3) is 0 Å². The molecule has 0 saturated heterocycles. The number of aromatic nitrogens is 1. The van der Waals surface area contributed by atoms with Crippen molar-refractivity contribution in [3.05, 3.63) is 53.3 Å². The predicted octanol–water partition coefficient (Wildman–Crippen LogP) is 4.40. The maximum absolute atomic E-state index is 12.7. The molecule has 0 unspecified atom stereocenters. The minimum Gasteiger partial charge on any atom is -0.308 e. The summed E-state index contributed by atoms with van der Waals surface area (Å²) in [6, 6.07) is 5.64. The quantitative estimate of drug-likeness (QED) is 0.863. The molecule has 1 heterocycles. The number of rotatable bonds is 2. The van der Waals surface area contributed by atoms with Crippen LogP contribution in [0.2, 0.25) is 5.02 Å². The topological polar surface area (TPSA) is 54.0 Å². The first-order valence-corrected chi connectivity index (χ1v) is 6.09. The van der Waals surface area contributed by atoms with E-state index in [1.807, 2.05) is 0 Å². The molecule has 21 heavy (non-hydrogen) atoms. The maximum Gasteiger partial charge on any atom is 0.417 e. The number of hydrogen-bond donors (Lipinski definition) is 2. The highest BCUT2D eigenvalue weighted by Gasteiger charge is 2.33. The van der Waals surface area contributed by atoms with Crippen LogP contribution in [-0.2, 0) is 6.18 Å². The van der Waals surface area contributed by atoms with Gasteiger partial charge in [-0.1, -0.05) is 11.6 Å². The Morgan fingerprint density at radius 2 is 1.86 bits per heavy atom. The van der Waals surface area contributed by atoms with E-state index in [1.54, 1.807) is 12.1 Å². The number of halogens is 4. The molecule has 110 valence electrons. The molecule has 1 aromatic heterocycles. The number of nitrogens with one attached hydrogen (secondary N) is 2. The molecule has 0 fully saturated rings. The number of anilines is 2. The summed E-state index contributed by atoms with van der Waals surface area (Å²) in [5.74, 6) is 0. The highest BCUT2D eigenvalue weighted by Crippen LogP contribution is 2.36. The SMILES string of the molecule is O=C(Nc1cccnc1)Nc1ccc(Cl)c(C(F)(F)F)c1. The number of carbonyl (C=O) groups excluding carboxylic acids is 1. The van der Waals surface area contributed by atoms with E-state index in [-0.39, 0.29) is 5.69 Å². The second-order valence-corrected chi connectivity index (χ2v) is 4.42. The lowest BCUT2D eigenvalue weighted by atomic mass is 10.2. The van der Waals surface area contributed by atoms with Gasteiger partial charge in [0, 0.05) is 11.9 Å². The lowest BCUT2D eigenvalue weighted by molar-refractivity contribution is -0.137. The molecule has 0 bridgehead atoms. The van der Waals surface area contributed by atoms with Crippen molar-refractivity contribution in [3.63, 3.8) is 0 Å². The fourth-order valence-corrected chi connectivity index (χ4v) is 1.78. The normalized spacial score (nSPS) is 11.0. The van der Waals surface area contributed by atoms with Gasteiger partial charge in [-0.25, -0.2) is 4.79 Å². The summed E-state index contributed by atoms with van der Waals surface area (Å²) in [6.45, 7) is 0. The molecule has 0 aliphatic rings. The molecule has 0 aliphatic carbocycles. The third kappa shape index (κ3) is 4.09. The predicted molar refractivity (Wildman–Crippen MR) is 73.3 cm³/mol. The standard InChI is InChI=1S/C13H9ClF3N3O/c14-11-4-3-8(6-10(11)13(15,16)17)19-12(21)20-9-2-1-5-18-7-9/h1-7H,(H2,19,20,21). The van der Waals surface area contributed by atoms with Crippen LogP contribution in [0.15, 0.2) is 42.7 Å². The summed E-state index contributed by atoms with van der Waals surface area (Å²) in [7, 11) is 0. The first-order chi connectivity index (χ1) is 9.86. The minimum absolute atomic E-state index is 0.0203. The van der Waals surface area contributed by atoms with Crippen LogP contribution in [0.4, 0.5) is 29.3 Å². The fraction of sp³-hybridized carbons (Fsp3) is 0.0769. The Morgan fingerprint density at radius 1 is 1.14 bits per heavy atom. The van der Waals surface area contributed by atoms with Crippen LogP contribution in [-0.4, -0.2) is 11.0 Å². The van der Waals surface area contributed by atoms with Crippen LogP contribution >= 0.6 is 11.6 Å². The molecule has 1 aromatic carbocycles. The van der Waals surface area contributed by atoms with Crippen LogP contribution in [0.5, 0.6) is 0 Å². The molecule has 2 aromatic rings. The third-order valence-electron chi connectivity index (χ3n) is 2.45. The molecule has 2 amide bonds. The highest BCUT2D eigenvalue weighted by molar-refractivity contribution is 6.31. The van der Waals surface area contributed by atoms with Crippen LogP contribution in [0.1, 0.15) is 5.56 Å². The largest absolute Gasteiger partial charge is 0.417 e. The molecule has 0 radical (unpaired) electrons. The molecule has 0 saturated carbocycles. The molecule has 2 N–H and O–H groups in total. The molecule has 0 aliphatic heterocycles. The van der Waals surface area contributed by atoms with Gasteiger partial charge in [-0.05, 0) is 30.3 Å². The molecule has 0 spiro atoms. The zero-order valence-corrected chi connectivity index (χ0v) is 11.2. The lowest BCUT2D eigenvalue weighted by Gasteiger charge is -2.12. The Bertz CT molecular complexity index is 647. The summed E-state index contributed by atoms with van der Waals surface area (Å²) < 4.78 is 38.1. The summed E-state index contributed by atoms with van der Waals surface area (Å²) >= 11 is 5.49. The molecule has 2 rings (SSSR count). The first kappa shape index (κ1) is 15.1. The lowest BCUT2D eigenvalue weighted by Crippen LogP contribution is -2.20. The van der Waals surface area contributed by atoms with Gasteiger partial charge in [-0.3, -0.25) is 4.98 Å². The number of nitrogens with zero attached hydrogens (tertiary/aromatic N) is 1. The van der Waals surface area contributed by atoms with Crippen molar-refractivity contribution in [1.29, 1.82) is 0 Å². The number of urea groups is 1. The zero-order valence-electron chi connectivity index (χ0n) is 10.4. The average Bonchev–Trinajstić information content (AvgIpc) is 2.41. The van der Waals surface area contributed by atoms with E-state index in [2.05, 4.69) is 15.6 Å². The Kier molecular flexibility index (Phi) is 4.32. The van der Waals surface area contributed by atoms with Gasteiger partial charge in [0.15, 0.2) is 0 Å². The van der Waals surface area contributed by atoms with Gasteiger partial charge in [0.2, 0.25) is 0 Å². The van der Waals surface area contributed by atoms with E-state index in [0.717, 1.165) is 12.1 Å².